The van der Waals surface area contributed by atoms with Gasteiger partial charge < -0.3 is 9.36 Å². The van der Waals surface area contributed by atoms with E-state index < -0.39 is 11.6 Å². The maximum atomic E-state index is 11.2. The number of carbonyl (C=O) groups excluding carboxylic acids is 1. The van der Waals surface area contributed by atoms with Crippen LogP contribution < -0.4 is 5.63 Å². The average molecular weight is 208 g/mol. The second-order valence-electron chi connectivity index (χ2n) is 3.14. The Morgan fingerprint density at radius 2 is 2.07 bits per heavy atom. The molecule has 6 heteroatoms. The summed E-state index contributed by atoms with van der Waals surface area (Å²) < 4.78 is 4.56. The highest BCUT2D eigenvalue weighted by molar-refractivity contribution is 6.24. The summed E-state index contributed by atoms with van der Waals surface area (Å²) in [6, 6.07) is 0. The predicted molar refractivity (Wildman–Crippen MR) is 51.2 cm³/mol. The lowest BCUT2D eigenvalue weighted by atomic mass is 10.1. The number of rotatable bonds is 1. The summed E-state index contributed by atoms with van der Waals surface area (Å²) in [6.45, 7) is 3.30. The number of hydrogen-bond acceptors (Lipinski definition) is 5. The maximum absolute atomic E-state index is 11.2. The largest absolute Gasteiger partial charge is 0.367 e. The molecule has 0 saturated carbocycles. The molecule has 0 bridgehead atoms. The lowest BCUT2D eigenvalue weighted by Gasteiger charge is -1.90. The van der Waals surface area contributed by atoms with Gasteiger partial charge in [0.15, 0.2) is 0 Å². The zero-order valence-corrected chi connectivity index (χ0v) is 8.16. The first kappa shape index (κ1) is 9.45. The molecule has 0 fully saturated rings. The normalized spacial score (nSPS) is 18.1. The van der Waals surface area contributed by atoms with Crippen LogP contribution in [-0.2, 0) is 9.63 Å². The van der Waals surface area contributed by atoms with E-state index in [1.54, 1.807) is 13.8 Å². The number of hydrogen-bond donors (Lipinski definition) is 1. The van der Waals surface area contributed by atoms with Crippen molar-refractivity contribution in [2.24, 2.45) is 5.16 Å². The van der Waals surface area contributed by atoms with Crippen molar-refractivity contribution in [3.8, 4) is 0 Å². The molecule has 6 nitrogen and oxygen atoms in total. The van der Waals surface area contributed by atoms with E-state index in [4.69, 9.17) is 0 Å². The second-order valence-corrected chi connectivity index (χ2v) is 3.14. The first-order valence-corrected chi connectivity index (χ1v) is 4.25. The first-order valence-electron chi connectivity index (χ1n) is 4.25. The van der Waals surface area contributed by atoms with Gasteiger partial charge in [0.1, 0.15) is 0 Å². The first-order chi connectivity index (χ1) is 7.09. The van der Waals surface area contributed by atoms with Gasteiger partial charge in [0.25, 0.3) is 0 Å². The summed E-state index contributed by atoms with van der Waals surface area (Å²) in [4.78, 5) is 26.8. The monoisotopic (exact) mass is 208 g/mol. The van der Waals surface area contributed by atoms with Crippen LogP contribution in [0.15, 0.2) is 20.0 Å². The molecular weight excluding hydrogens is 200 g/mol. The molecule has 0 saturated heterocycles. The number of aryl methyl sites for hydroxylation is 1. The topological polar surface area (TPSA) is 84.7 Å². The summed E-state index contributed by atoms with van der Waals surface area (Å²) in [5, 5.41) is 5.91. The van der Waals surface area contributed by atoms with Gasteiger partial charge in [0, 0.05) is 0 Å². The van der Waals surface area contributed by atoms with Crippen molar-refractivity contribution in [1.29, 1.82) is 0 Å². The van der Waals surface area contributed by atoms with Crippen LogP contribution in [0.5, 0.6) is 0 Å². The van der Waals surface area contributed by atoms with Crippen molar-refractivity contribution in [3.05, 3.63) is 27.3 Å². The molecule has 0 aliphatic carbocycles. The third kappa shape index (κ3) is 1.50. The van der Waals surface area contributed by atoms with Crippen molar-refractivity contribution in [1.82, 2.24) is 5.16 Å². The van der Waals surface area contributed by atoms with Crippen LogP contribution in [0.25, 0.3) is 6.08 Å². The molecule has 15 heavy (non-hydrogen) atoms. The Hall–Kier alpha value is -2.11. The van der Waals surface area contributed by atoms with Gasteiger partial charge in [-0.25, -0.2) is 14.7 Å². The minimum Gasteiger partial charge on any atom is -0.338 e. The van der Waals surface area contributed by atoms with E-state index in [-0.39, 0.29) is 5.57 Å². The van der Waals surface area contributed by atoms with Gasteiger partial charge in [-0.2, -0.15) is 0 Å². The van der Waals surface area contributed by atoms with E-state index in [0.717, 1.165) is 0 Å². The molecular formula is C9H8N2O4. The third-order valence-corrected chi connectivity index (χ3v) is 2.08. The number of carbonyl (C=O) groups is 1. The summed E-state index contributed by atoms with van der Waals surface area (Å²) in [6.07, 6.45) is 1.41. The Bertz CT molecular complexity index is 533. The van der Waals surface area contributed by atoms with Gasteiger partial charge in [0.05, 0.1) is 22.5 Å². The zero-order chi connectivity index (χ0) is 11.0. The van der Waals surface area contributed by atoms with Crippen LogP contribution in [0, 0.1) is 6.92 Å². The average Bonchev–Trinajstić information content (AvgIpc) is 2.67. The molecule has 0 atom stereocenters. The van der Waals surface area contributed by atoms with Gasteiger partial charge in [-0.05, 0) is 19.9 Å². The molecule has 1 aromatic heterocycles. The quantitative estimate of drug-likeness (QED) is 0.540. The van der Waals surface area contributed by atoms with Crippen molar-refractivity contribution in [2.75, 3.05) is 0 Å². The highest BCUT2D eigenvalue weighted by Gasteiger charge is 2.23. The van der Waals surface area contributed by atoms with Crippen molar-refractivity contribution < 1.29 is 14.2 Å². The van der Waals surface area contributed by atoms with Gasteiger partial charge >= 0.3 is 11.6 Å². The fourth-order valence-corrected chi connectivity index (χ4v) is 1.22. The number of nitrogens with one attached hydrogen (secondary N) is 1. The molecule has 1 N–H and O–H groups in total. The molecule has 2 heterocycles. The molecule has 0 spiro atoms. The Labute approximate surface area is 84.2 Å². The van der Waals surface area contributed by atoms with Crippen LogP contribution >= 0.6 is 0 Å². The smallest absolute Gasteiger partial charge is 0.338 e. The SMILES string of the molecule is CC1=NOC(=O)/C1=C\c1c(C)[nH]oc1=O. The van der Waals surface area contributed by atoms with Crippen LogP contribution in [0.4, 0.5) is 0 Å². The molecule has 78 valence electrons. The molecule has 0 aromatic carbocycles. The Morgan fingerprint density at radius 1 is 1.33 bits per heavy atom. The molecule has 2 rings (SSSR count). The molecule has 0 radical (unpaired) electrons. The summed E-state index contributed by atoms with van der Waals surface area (Å²) in [5.74, 6) is -0.563. The fraction of sp³-hybridized carbons (Fsp3) is 0.222. The highest BCUT2D eigenvalue weighted by atomic mass is 16.7. The lowest BCUT2D eigenvalue weighted by molar-refractivity contribution is -0.136. The van der Waals surface area contributed by atoms with E-state index in [1.807, 2.05) is 0 Å². The number of aromatic amines is 1. The summed E-state index contributed by atoms with van der Waals surface area (Å²) in [5.41, 5.74) is 1.05. The minimum atomic E-state index is -0.563. The highest BCUT2D eigenvalue weighted by Crippen LogP contribution is 2.14. The van der Waals surface area contributed by atoms with Crippen LogP contribution in [0.3, 0.4) is 0 Å². The summed E-state index contributed by atoms with van der Waals surface area (Å²) >= 11 is 0. The maximum Gasteiger partial charge on any atom is 0.367 e. The Kier molecular flexibility index (Phi) is 2.03. The number of aromatic nitrogens is 1. The van der Waals surface area contributed by atoms with Gasteiger partial charge in [-0.15, -0.1) is 0 Å². The number of nitrogens with zero attached hydrogens (tertiary/aromatic N) is 1. The van der Waals surface area contributed by atoms with Crippen molar-refractivity contribution in [2.45, 2.75) is 13.8 Å². The van der Waals surface area contributed by atoms with Crippen LogP contribution in [0.1, 0.15) is 18.2 Å². The van der Waals surface area contributed by atoms with E-state index in [0.29, 0.717) is 17.0 Å². The number of oxime groups is 1. The second kappa shape index (κ2) is 3.23. The van der Waals surface area contributed by atoms with Crippen molar-refractivity contribution in [3.63, 3.8) is 0 Å². The standard InChI is InChI=1S/C9H8N2O4/c1-4-6(8(12)14-10-4)3-7-5(2)11-15-9(7)13/h3,10H,1-2H3/b7-3-. The zero-order valence-electron chi connectivity index (χ0n) is 8.16. The van der Waals surface area contributed by atoms with E-state index in [1.165, 1.54) is 6.08 Å². The Balaban J connectivity index is 2.51. The summed E-state index contributed by atoms with van der Waals surface area (Å²) in [7, 11) is 0. The minimum absolute atomic E-state index is 0.269. The van der Waals surface area contributed by atoms with Crippen LogP contribution in [-0.4, -0.2) is 16.8 Å². The van der Waals surface area contributed by atoms with Gasteiger partial charge in [-0.1, -0.05) is 5.16 Å². The lowest BCUT2D eigenvalue weighted by Crippen LogP contribution is -2.05. The van der Waals surface area contributed by atoms with Gasteiger partial charge in [-0.3, -0.25) is 0 Å². The van der Waals surface area contributed by atoms with Crippen LogP contribution in [0.2, 0.25) is 0 Å². The Morgan fingerprint density at radius 3 is 2.53 bits per heavy atom. The predicted octanol–water partition coefficient (Wildman–Crippen LogP) is 0.592. The molecule has 1 aliphatic rings. The number of H-pyrrole nitrogens is 1. The van der Waals surface area contributed by atoms with Gasteiger partial charge in [0.2, 0.25) is 0 Å². The fourth-order valence-electron chi connectivity index (χ4n) is 1.22. The molecule has 1 aromatic rings. The van der Waals surface area contributed by atoms with E-state index in [9.17, 15) is 9.59 Å². The molecule has 1 aliphatic heterocycles. The van der Waals surface area contributed by atoms with Crippen molar-refractivity contribution >= 4 is 17.8 Å². The van der Waals surface area contributed by atoms with E-state index >= 15 is 0 Å². The molecule has 0 unspecified atom stereocenters. The molecule has 0 amide bonds. The van der Waals surface area contributed by atoms with E-state index in [2.05, 4.69) is 19.7 Å². The third-order valence-electron chi connectivity index (χ3n) is 2.08.